The van der Waals surface area contributed by atoms with Crippen LogP contribution in [0.4, 0.5) is 5.82 Å². The zero-order valence-corrected chi connectivity index (χ0v) is 11.4. The zero-order valence-electron chi connectivity index (χ0n) is 11.4. The van der Waals surface area contributed by atoms with Gasteiger partial charge in [-0.3, -0.25) is 0 Å². The Morgan fingerprint density at radius 2 is 2.26 bits per heavy atom. The van der Waals surface area contributed by atoms with E-state index in [0.717, 1.165) is 19.4 Å². The highest BCUT2D eigenvalue weighted by Crippen LogP contribution is 2.26. The van der Waals surface area contributed by atoms with Gasteiger partial charge >= 0.3 is 5.97 Å². The Balaban J connectivity index is 2.24. The fourth-order valence-corrected chi connectivity index (χ4v) is 2.39. The molecule has 1 aliphatic heterocycles. The lowest BCUT2D eigenvalue weighted by molar-refractivity contribution is 0.0481. The maximum Gasteiger partial charge on any atom is 0.341 e. The number of esters is 1. The Labute approximate surface area is 113 Å². The first-order chi connectivity index (χ1) is 9.03. The summed E-state index contributed by atoms with van der Waals surface area (Å²) in [6.45, 7) is 3.33. The second-order valence-corrected chi connectivity index (χ2v) is 5.20. The molecular formula is C14H20N2O3. The highest BCUT2D eigenvalue weighted by atomic mass is 16.5. The third kappa shape index (κ3) is 3.23. The van der Waals surface area contributed by atoms with Gasteiger partial charge in [-0.05, 0) is 38.3 Å². The largest absolute Gasteiger partial charge is 0.465 e. The monoisotopic (exact) mass is 264 g/mol. The summed E-state index contributed by atoms with van der Waals surface area (Å²) in [4.78, 5) is 18.1. The van der Waals surface area contributed by atoms with Crippen molar-refractivity contribution in [3.8, 4) is 0 Å². The molecule has 0 bridgehead atoms. The van der Waals surface area contributed by atoms with Crippen LogP contribution in [0.3, 0.4) is 0 Å². The number of aromatic nitrogens is 1. The Morgan fingerprint density at radius 1 is 1.47 bits per heavy atom. The summed E-state index contributed by atoms with van der Waals surface area (Å²) in [6.07, 6.45) is 3.99. The van der Waals surface area contributed by atoms with Crippen LogP contribution in [0.2, 0.25) is 0 Å². The van der Waals surface area contributed by atoms with E-state index < -0.39 is 5.60 Å². The number of pyridine rings is 1. The van der Waals surface area contributed by atoms with E-state index >= 15 is 0 Å². The lowest BCUT2D eigenvalue weighted by Gasteiger charge is -2.24. The van der Waals surface area contributed by atoms with Gasteiger partial charge in [-0.15, -0.1) is 0 Å². The van der Waals surface area contributed by atoms with Gasteiger partial charge in [0.1, 0.15) is 11.4 Å². The SMILES string of the molecule is COC(=O)c1cccnc1N1CCCC(C)(O)CC1. The van der Waals surface area contributed by atoms with Crippen molar-refractivity contribution in [2.24, 2.45) is 0 Å². The summed E-state index contributed by atoms with van der Waals surface area (Å²) >= 11 is 0. The van der Waals surface area contributed by atoms with Crippen LogP contribution < -0.4 is 4.90 Å². The minimum Gasteiger partial charge on any atom is -0.465 e. The summed E-state index contributed by atoms with van der Waals surface area (Å²) in [6, 6.07) is 3.45. The van der Waals surface area contributed by atoms with Gasteiger partial charge in [-0.2, -0.15) is 0 Å². The average Bonchev–Trinajstić information content (AvgIpc) is 2.59. The Hall–Kier alpha value is -1.62. The maximum absolute atomic E-state index is 11.8. The van der Waals surface area contributed by atoms with Crippen LogP contribution in [-0.2, 0) is 4.74 Å². The number of hydrogen-bond donors (Lipinski definition) is 1. The Bertz CT molecular complexity index is 460. The molecule has 5 heteroatoms. The molecule has 2 rings (SSSR count). The molecule has 0 saturated carbocycles. The first-order valence-electron chi connectivity index (χ1n) is 6.54. The number of nitrogens with zero attached hydrogens (tertiary/aromatic N) is 2. The molecule has 0 amide bonds. The van der Waals surface area contributed by atoms with Crippen LogP contribution >= 0.6 is 0 Å². The minimum atomic E-state index is -0.630. The highest BCUT2D eigenvalue weighted by molar-refractivity contribution is 5.94. The Morgan fingerprint density at radius 3 is 3.00 bits per heavy atom. The van der Waals surface area contributed by atoms with Crippen molar-refractivity contribution in [2.45, 2.75) is 31.8 Å². The number of hydrogen-bond acceptors (Lipinski definition) is 5. The van der Waals surface area contributed by atoms with Gasteiger partial charge in [0.15, 0.2) is 0 Å². The third-order valence-electron chi connectivity index (χ3n) is 3.56. The highest BCUT2D eigenvalue weighted by Gasteiger charge is 2.27. The van der Waals surface area contributed by atoms with Gasteiger partial charge in [0.2, 0.25) is 0 Å². The second-order valence-electron chi connectivity index (χ2n) is 5.20. The van der Waals surface area contributed by atoms with Gasteiger partial charge < -0.3 is 14.7 Å². The number of rotatable bonds is 2. The van der Waals surface area contributed by atoms with Crippen molar-refractivity contribution < 1.29 is 14.6 Å². The predicted molar refractivity (Wildman–Crippen MR) is 72.3 cm³/mol. The number of methoxy groups -OCH3 is 1. The summed E-state index contributed by atoms with van der Waals surface area (Å²) in [5.74, 6) is 0.270. The van der Waals surface area contributed by atoms with Crippen molar-refractivity contribution in [1.29, 1.82) is 0 Å². The summed E-state index contributed by atoms with van der Waals surface area (Å²) in [5, 5.41) is 10.1. The molecule has 0 spiro atoms. The number of carbonyl (C=O) groups is 1. The van der Waals surface area contributed by atoms with Gasteiger partial charge in [0.05, 0.1) is 12.7 Å². The number of ether oxygens (including phenoxy) is 1. The first-order valence-corrected chi connectivity index (χ1v) is 6.54. The number of carbonyl (C=O) groups excluding carboxylic acids is 1. The first kappa shape index (κ1) is 13.8. The molecule has 5 nitrogen and oxygen atoms in total. The molecule has 19 heavy (non-hydrogen) atoms. The van der Waals surface area contributed by atoms with E-state index in [2.05, 4.69) is 4.98 Å². The molecule has 1 aromatic rings. The molecule has 1 N–H and O–H groups in total. The molecule has 0 aliphatic carbocycles. The van der Waals surface area contributed by atoms with Crippen LogP contribution in [0.25, 0.3) is 0 Å². The number of aliphatic hydroxyl groups is 1. The van der Waals surface area contributed by atoms with E-state index in [1.807, 2.05) is 11.8 Å². The molecule has 1 saturated heterocycles. The van der Waals surface area contributed by atoms with E-state index in [-0.39, 0.29) is 5.97 Å². The van der Waals surface area contributed by atoms with E-state index in [4.69, 9.17) is 4.74 Å². The van der Waals surface area contributed by atoms with E-state index in [9.17, 15) is 9.90 Å². The fraction of sp³-hybridized carbons (Fsp3) is 0.571. The van der Waals surface area contributed by atoms with Gasteiger partial charge in [0, 0.05) is 19.3 Å². The third-order valence-corrected chi connectivity index (χ3v) is 3.56. The molecule has 1 fully saturated rings. The molecule has 1 atom stereocenters. The molecule has 1 unspecified atom stereocenters. The van der Waals surface area contributed by atoms with Crippen LogP contribution in [0, 0.1) is 0 Å². The fourth-order valence-electron chi connectivity index (χ4n) is 2.39. The quantitative estimate of drug-likeness (QED) is 0.822. The standard InChI is InChI=1S/C14H20N2O3/c1-14(18)6-4-9-16(10-7-14)12-11(13(17)19-2)5-3-8-15-12/h3,5,8,18H,4,6-7,9-10H2,1-2H3. The normalized spacial score (nSPS) is 23.8. The van der Waals surface area contributed by atoms with Gasteiger partial charge in [-0.25, -0.2) is 9.78 Å². The molecule has 1 aromatic heterocycles. The second kappa shape index (κ2) is 5.57. The molecule has 1 aliphatic rings. The van der Waals surface area contributed by atoms with Crippen LogP contribution in [-0.4, -0.2) is 41.9 Å². The van der Waals surface area contributed by atoms with Crippen molar-refractivity contribution in [3.05, 3.63) is 23.9 Å². The molecule has 2 heterocycles. The zero-order chi connectivity index (χ0) is 13.9. The van der Waals surface area contributed by atoms with Crippen molar-refractivity contribution in [1.82, 2.24) is 4.98 Å². The molecule has 104 valence electrons. The smallest absolute Gasteiger partial charge is 0.341 e. The van der Waals surface area contributed by atoms with E-state index in [1.54, 1.807) is 18.3 Å². The minimum absolute atomic E-state index is 0.376. The predicted octanol–water partition coefficient (Wildman–Crippen LogP) is 1.61. The Kier molecular flexibility index (Phi) is 4.04. The maximum atomic E-state index is 11.8. The van der Waals surface area contributed by atoms with Gasteiger partial charge in [0.25, 0.3) is 0 Å². The topological polar surface area (TPSA) is 62.7 Å². The lowest BCUT2D eigenvalue weighted by atomic mass is 9.98. The van der Waals surface area contributed by atoms with E-state index in [1.165, 1.54) is 7.11 Å². The van der Waals surface area contributed by atoms with Crippen molar-refractivity contribution in [3.63, 3.8) is 0 Å². The van der Waals surface area contributed by atoms with E-state index in [0.29, 0.717) is 24.3 Å². The number of anilines is 1. The van der Waals surface area contributed by atoms with Crippen LogP contribution in [0.5, 0.6) is 0 Å². The van der Waals surface area contributed by atoms with Crippen molar-refractivity contribution in [2.75, 3.05) is 25.1 Å². The summed E-state index contributed by atoms with van der Waals surface area (Å²) in [5.41, 5.74) is -0.152. The summed E-state index contributed by atoms with van der Waals surface area (Å²) in [7, 11) is 1.37. The molecule has 0 radical (unpaired) electrons. The van der Waals surface area contributed by atoms with Crippen LogP contribution in [0.1, 0.15) is 36.5 Å². The summed E-state index contributed by atoms with van der Waals surface area (Å²) < 4.78 is 4.78. The molecular weight excluding hydrogens is 244 g/mol. The van der Waals surface area contributed by atoms with Crippen molar-refractivity contribution >= 4 is 11.8 Å². The average molecular weight is 264 g/mol. The lowest BCUT2D eigenvalue weighted by Crippen LogP contribution is -2.30. The van der Waals surface area contributed by atoms with Gasteiger partial charge in [-0.1, -0.05) is 0 Å². The van der Waals surface area contributed by atoms with Crippen LogP contribution in [0.15, 0.2) is 18.3 Å². The molecule has 0 aromatic carbocycles.